The van der Waals surface area contributed by atoms with Crippen molar-refractivity contribution in [2.75, 3.05) is 25.1 Å². The van der Waals surface area contributed by atoms with E-state index >= 15 is 0 Å². The van der Waals surface area contributed by atoms with E-state index in [1.165, 1.54) is 4.31 Å². The molecule has 3 heterocycles. The van der Waals surface area contributed by atoms with Crippen LogP contribution in [0.3, 0.4) is 0 Å². The molecule has 2 aliphatic rings. The normalized spacial score (nSPS) is 19.4. The third-order valence-electron chi connectivity index (χ3n) is 10.2. The first-order chi connectivity index (χ1) is 22.4. The number of ether oxygens (including phenoxy) is 2. The summed E-state index contributed by atoms with van der Waals surface area (Å²) in [4.78, 5) is 14.2. The predicted octanol–water partition coefficient (Wildman–Crippen LogP) is 6.91. The van der Waals surface area contributed by atoms with Crippen molar-refractivity contribution >= 4 is 32.4 Å². The second-order valence-corrected chi connectivity index (χ2v) is 16.3. The molecule has 4 aromatic rings. The van der Waals surface area contributed by atoms with Gasteiger partial charge in [0.05, 0.1) is 31.0 Å². The summed E-state index contributed by atoms with van der Waals surface area (Å²) in [5.41, 5.74) is 5.06. The molecule has 0 amide bonds. The number of aryl methyl sites for hydroxylation is 1. The zero-order chi connectivity index (χ0) is 33.5. The standard InChI is InChI=1S/C38H46N2O6S/c1-6-26-23-40-24-38(2,3)47(43,44)39(4)32-21-29(20-31(26)36(32)40)34(42)22-28(19-25-11-8-7-9-12-25)33(41)16-15-27-17-18-46-37-30(27)13-10-14-35(37)45-5/h7-14,20-21,23,27-28,33,41H,6,15-19,22,24H2,1-5H3/t27-,28-,33-/m1/s1. The summed E-state index contributed by atoms with van der Waals surface area (Å²) < 4.78 is 41.2. The fraction of sp³-hybridized carbons (Fsp3) is 0.447. The van der Waals surface area contributed by atoms with Gasteiger partial charge in [-0.2, -0.15) is 0 Å². The molecule has 0 aliphatic carbocycles. The van der Waals surface area contributed by atoms with Crippen LogP contribution in [-0.4, -0.2) is 55.5 Å². The zero-order valence-electron chi connectivity index (χ0n) is 28.0. The summed E-state index contributed by atoms with van der Waals surface area (Å²) >= 11 is 0. The summed E-state index contributed by atoms with van der Waals surface area (Å²) in [5.74, 6) is 1.29. The fourth-order valence-corrected chi connectivity index (χ4v) is 8.88. The quantitative estimate of drug-likeness (QED) is 0.176. The van der Waals surface area contributed by atoms with Crippen molar-refractivity contribution in [2.24, 2.45) is 5.92 Å². The first-order valence-corrected chi connectivity index (χ1v) is 18.1. The largest absolute Gasteiger partial charge is 0.493 e. The summed E-state index contributed by atoms with van der Waals surface area (Å²) in [5, 5.41) is 12.6. The SMILES string of the molecule is CCc1cn2c3c(cc(C(=O)C[C@@H](Cc4ccccc4)[C@H](O)CC[C@@H]4CCOc5c(OC)cccc54)cc13)N(C)S(=O)(=O)C(C)(C)C2. The lowest BCUT2D eigenvalue weighted by molar-refractivity contribution is 0.0729. The van der Waals surface area contributed by atoms with Crippen LogP contribution in [0.5, 0.6) is 11.5 Å². The summed E-state index contributed by atoms with van der Waals surface area (Å²) in [6.45, 7) is 6.49. The van der Waals surface area contributed by atoms with Crippen LogP contribution in [0.2, 0.25) is 0 Å². The number of nitrogens with zero attached hydrogens (tertiary/aromatic N) is 2. The van der Waals surface area contributed by atoms with E-state index in [0.717, 1.165) is 58.4 Å². The van der Waals surface area contributed by atoms with Gasteiger partial charge in [-0.15, -0.1) is 0 Å². The highest BCUT2D eigenvalue weighted by atomic mass is 32.2. The molecule has 47 heavy (non-hydrogen) atoms. The van der Waals surface area contributed by atoms with E-state index < -0.39 is 20.9 Å². The first kappa shape index (κ1) is 33.1. The van der Waals surface area contributed by atoms with Crippen LogP contribution >= 0.6 is 0 Å². The monoisotopic (exact) mass is 658 g/mol. The molecule has 0 radical (unpaired) electrons. The zero-order valence-corrected chi connectivity index (χ0v) is 28.8. The lowest BCUT2D eigenvalue weighted by Gasteiger charge is -2.29. The Balaban J connectivity index is 1.30. The number of sulfonamides is 1. The Hall–Kier alpha value is -3.82. The van der Waals surface area contributed by atoms with Gasteiger partial charge in [-0.1, -0.05) is 49.4 Å². The molecule has 6 rings (SSSR count). The number of hydrogen-bond donors (Lipinski definition) is 1. The number of anilines is 1. The van der Waals surface area contributed by atoms with Crippen molar-refractivity contribution < 1.29 is 27.8 Å². The maximum absolute atomic E-state index is 14.2. The molecule has 0 bridgehead atoms. The molecule has 0 saturated carbocycles. The molecule has 2 aliphatic heterocycles. The molecular formula is C38H46N2O6S. The van der Waals surface area contributed by atoms with Crippen molar-refractivity contribution in [3.8, 4) is 11.5 Å². The first-order valence-electron chi connectivity index (χ1n) is 16.6. The molecular weight excluding hydrogens is 612 g/mol. The van der Waals surface area contributed by atoms with Gasteiger partial charge in [0.25, 0.3) is 0 Å². The van der Waals surface area contributed by atoms with Gasteiger partial charge >= 0.3 is 0 Å². The van der Waals surface area contributed by atoms with Gasteiger partial charge in [0, 0.05) is 42.7 Å². The summed E-state index contributed by atoms with van der Waals surface area (Å²) in [7, 11) is -0.474. The molecule has 250 valence electrons. The van der Waals surface area contributed by atoms with Gasteiger partial charge in [-0.3, -0.25) is 9.10 Å². The van der Waals surface area contributed by atoms with Crippen LogP contribution < -0.4 is 13.8 Å². The van der Waals surface area contributed by atoms with Crippen molar-refractivity contribution in [3.63, 3.8) is 0 Å². The van der Waals surface area contributed by atoms with Crippen LogP contribution in [0.15, 0.2) is 66.9 Å². The van der Waals surface area contributed by atoms with Gasteiger partial charge in [0.1, 0.15) is 4.75 Å². The topological polar surface area (TPSA) is 98.1 Å². The van der Waals surface area contributed by atoms with Crippen LogP contribution in [0.4, 0.5) is 5.69 Å². The molecule has 0 spiro atoms. The van der Waals surface area contributed by atoms with E-state index in [0.29, 0.717) is 37.2 Å². The highest BCUT2D eigenvalue weighted by Gasteiger charge is 2.42. The van der Waals surface area contributed by atoms with Gasteiger partial charge in [0.2, 0.25) is 10.0 Å². The summed E-state index contributed by atoms with van der Waals surface area (Å²) in [6, 6.07) is 19.6. The second kappa shape index (κ2) is 13.0. The molecule has 0 unspecified atom stereocenters. The molecule has 1 aromatic heterocycles. The Morgan fingerprint density at radius 3 is 2.62 bits per heavy atom. The number of hydrogen-bond acceptors (Lipinski definition) is 6. The number of rotatable bonds is 11. The minimum Gasteiger partial charge on any atom is -0.493 e. The number of aliphatic hydroxyl groups is 1. The van der Waals surface area contributed by atoms with Crippen LogP contribution in [0.25, 0.3) is 10.9 Å². The Morgan fingerprint density at radius 2 is 1.89 bits per heavy atom. The number of aromatic nitrogens is 1. The molecule has 8 nitrogen and oxygen atoms in total. The van der Waals surface area contributed by atoms with Gasteiger partial charge in [-0.25, -0.2) is 8.42 Å². The number of methoxy groups -OCH3 is 1. The van der Waals surface area contributed by atoms with Crippen LogP contribution in [0, 0.1) is 5.92 Å². The second-order valence-electron chi connectivity index (χ2n) is 13.7. The number of Topliss-reactive ketones (excluding diaryl/α,β-unsaturated/α-hetero) is 1. The molecule has 3 atom stereocenters. The van der Waals surface area contributed by atoms with Gasteiger partial charge in [-0.05, 0) is 87.1 Å². The fourth-order valence-electron chi connectivity index (χ4n) is 7.44. The van der Waals surface area contributed by atoms with Crippen LogP contribution in [-0.2, 0) is 29.4 Å². The van der Waals surface area contributed by atoms with E-state index in [9.17, 15) is 18.3 Å². The van der Waals surface area contributed by atoms with Crippen molar-refractivity contribution in [2.45, 2.75) is 82.6 Å². The van der Waals surface area contributed by atoms with Crippen LogP contribution in [0.1, 0.15) is 79.4 Å². The maximum Gasteiger partial charge on any atom is 0.241 e. The summed E-state index contributed by atoms with van der Waals surface area (Å²) in [6.07, 6.45) is 4.92. The number of benzene rings is 3. The molecule has 1 N–H and O–H groups in total. The third kappa shape index (κ3) is 6.16. The van der Waals surface area contributed by atoms with Gasteiger partial charge < -0.3 is 19.1 Å². The average molecular weight is 659 g/mol. The number of carbonyl (C=O) groups excluding carboxylic acids is 1. The Kier molecular flexibility index (Phi) is 9.15. The number of aliphatic hydroxyl groups excluding tert-OH is 1. The smallest absolute Gasteiger partial charge is 0.241 e. The van der Waals surface area contributed by atoms with E-state index in [1.54, 1.807) is 34.1 Å². The minimum absolute atomic E-state index is 0.103. The Morgan fingerprint density at radius 1 is 1.13 bits per heavy atom. The lowest BCUT2D eigenvalue weighted by atomic mass is 9.82. The van der Waals surface area contributed by atoms with E-state index in [-0.39, 0.29) is 24.0 Å². The molecule has 0 saturated heterocycles. The minimum atomic E-state index is -3.70. The molecule has 3 aromatic carbocycles. The highest BCUT2D eigenvalue weighted by molar-refractivity contribution is 7.94. The third-order valence-corrected chi connectivity index (χ3v) is 12.7. The molecule has 0 fully saturated rings. The van der Waals surface area contributed by atoms with E-state index in [4.69, 9.17) is 9.47 Å². The average Bonchev–Trinajstić information content (AvgIpc) is 3.40. The number of ketones is 1. The Bertz CT molecular complexity index is 1880. The number of para-hydroxylation sites is 1. The van der Waals surface area contributed by atoms with E-state index in [2.05, 4.69) is 13.0 Å². The molecule has 9 heteroatoms. The number of fused-ring (bicyclic) bond motifs is 1. The number of carbonyl (C=O) groups is 1. The lowest BCUT2D eigenvalue weighted by Crippen LogP contribution is -2.44. The van der Waals surface area contributed by atoms with Crippen molar-refractivity contribution in [1.82, 2.24) is 4.57 Å². The Labute approximate surface area is 278 Å². The van der Waals surface area contributed by atoms with E-state index in [1.807, 2.05) is 59.3 Å². The highest BCUT2D eigenvalue weighted by Crippen LogP contribution is 2.43. The van der Waals surface area contributed by atoms with Crippen molar-refractivity contribution in [1.29, 1.82) is 0 Å². The predicted molar refractivity (Wildman–Crippen MR) is 186 cm³/mol. The maximum atomic E-state index is 14.2. The van der Waals surface area contributed by atoms with Gasteiger partial charge in [0.15, 0.2) is 17.3 Å². The van der Waals surface area contributed by atoms with Crippen molar-refractivity contribution in [3.05, 3.63) is 89.1 Å².